The van der Waals surface area contributed by atoms with Crippen molar-refractivity contribution in [2.45, 2.75) is 25.8 Å². The lowest BCUT2D eigenvalue weighted by Gasteiger charge is -2.28. The number of hydrogen-bond donors (Lipinski definition) is 1. The monoisotopic (exact) mass is 443 g/mol. The molecule has 0 bridgehead atoms. The zero-order chi connectivity index (χ0) is 23.5. The molecule has 3 aromatic rings. The summed E-state index contributed by atoms with van der Waals surface area (Å²) in [5.74, 6) is 0.664. The molecule has 2 heterocycles. The SMILES string of the molecule is COc1ccc(OC)c([C@H]2C(C#N)=C(N)Oc3cc(C)n(CCc4ccccc4)c(=O)c32)c1. The van der Waals surface area contributed by atoms with Gasteiger partial charge in [-0.3, -0.25) is 4.79 Å². The van der Waals surface area contributed by atoms with Gasteiger partial charge in [0, 0.05) is 23.9 Å². The van der Waals surface area contributed by atoms with E-state index in [1.165, 1.54) is 7.11 Å². The summed E-state index contributed by atoms with van der Waals surface area (Å²) in [6.45, 7) is 2.35. The first-order valence-electron chi connectivity index (χ1n) is 10.6. The number of allylic oxidation sites excluding steroid dienone is 1. The molecule has 0 amide bonds. The minimum absolute atomic E-state index is 0.0271. The van der Waals surface area contributed by atoms with Gasteiger partial charge in [0.15, 0.2) is 0 Å². The van der Waals surface area contributed by atoms with Crippen molar-refractivity contribution in [3.63, 3.8) is 0 Å². The van der Waals surface area contributed by atoms with Crippen molar-refractivity contribution in [2.75, 3.05) is 14.2 Å². The Morgan fingerprint density at radius 3 is 2.55 bits per heavy atom. The second-order valence-corrected chi connectivity index (χ2v) is 7.79. The molecular weight excluding hydrogens is 418 g/mol. The van der Waals surface area contributed by atoms with Crippen molar-refractivity contribution < 1.29 is 14.2 Å². The van der Waals surface area contributed by atoms with E-state index in [1.54, 1.807) is 35.9 Å². The average molecular weight is 444 g/mol. The molecule has 7 heteroatoms. The van der Waals surface area contributed by atoms with Crippen LogP contribution in [0.25, 0.3) is 0 Å². The summed E-state index contributed by atoms with van der Waals surface area (Å²) in [5, 5.41) is 9.93. The van der Waals surface area contributed by atoms with Crippen LogP contribution in [-0.2, 0) is 13.0 Å². The van der Waals surface area contributed by atoms with Gasteiger partial charge in [-0.05, 0) is 37.1 Å². The van der Waals surface area contributed by atoms with Crippen molar-refractivity contribution in [3.8, 4) is 23.3 Å². The van der Waals surface area contributed by atoms with Gasteiger partial charge in [0.05, 0.1) is 25.7 Å². The third kappa shape index (κ3) is 4.03. The van der Waals surface area contributed by atoms with E-state index in [4.69, 9.17) is 19.9 Å². The summed E-state index contributed by atoms with van der Waals surface area (Å²) in [6, 6.07) is 19.2. The quantitative estimate of drug-likeness (QED) is 0.625. The summed E-state index contributed by atoms with van der Waals surface area (Å²) in [6.07, 6.45) is 0.692. The van der Waals surface area contributed by atoms with Crippen LogP contribution >= 0.6 is 0 Å². The Labute approximate surface area is 192 Å². The van der Waals surface area contributed by atoms with Crippen molar-refractivity contribution in [1.29, 1.82) is 5.26 Å². The first kappa shape index (κ1) is 22.0. The summed E-state index contributed by atoms with van der Waals surface area (Å²) < 4.78 is 18.4. The lowest BCUT2D eigenvalue weighted by molar-refractivity contribution is 0.379. The van der Waals surface area contributed by atoms with Crippen LogP contribution in [0, 0.1) is 18.3 Å². The number of nitrogens with zero attached hydrogens (tertiary/aromatic N) is 2. The van der Waals surface area contributed by atoms with Gasteiger partial charge >= 0.3 is 0 Å². The van der Waals surface area contributed by atoms with Gasteiger partial charge in [-0.1, -0.05) is 30.3 Å². The normalized spacial score (nSPS) is 14.8. The zero-order valence-electron chi connectivity index (χ0n) is 18.8. The Morgan fingerprint density at radius 2 is 1.88 bits per heavy atom. The third-order valence-corrected chi connectivity index (χ3v) is 5.90. The molecule has 1 aromatic heterocycles. The molecule has 0 unspecified atom stereocenters. The molecule has 0 aliphatic carbocycles. The van der Waals surface area contributed by atoms with E-state index in [0.717, 1.165) is 11.3 Å². The van der Waals surface area contributed by atoms with E-state index in [-0.39, 0.29) is 17.0 Å². The highest BCUT2D eigenvalue weighted by Gasteiger charge is 2.36. The van der Waals surface area contributed by atoms with Crippen molar-refractivity contribution in [2.24, 2.45) is 5.73 Å². The molecule has 1 aliphatic rings. The van der Waals surface area contributed by atoms with Gasteiger partial charge < -0.3 is 24.5 Å². The minimum atomic E-state index is -0.750. The second kappa shape index (κ2) is 9.13. The standard InChI is InChI=1S/C26H25N3O4/c1-16-13-22-24(26(30)29(16)12-11-17-7-5-4-6-8-17)23(20(15-27)25(28)33-22)19-14-18(31-2)9-10-21(19)32-3/h4-10,13-14,23H,11-12,28H2,1-3H3/t23-/m0/s1. The first-order valence-corrected chi connectivity index (χ1v) is 10.6. The number of hydrogen-bond acceptors (Lipinski definition) is 6. The number of ether oxygens (including phenoxy) is 3. The molecule has 1 atom stereocenters. The number of benzene rings is 2. The van der Waals surface area contributed by atoms with Crippen LogP contribution < -0.4 is 25.5 Å². The summed E-state index contributed by atoms with van der Waals surface area (Å²) >= 11 is 0. The van der Waals surface area contributed by atoms with E-state index in [9.17, 15) is 10.1 Å². The average Bonchev–Trinajstić information content (AvgIpc) is 2.83. The van der Waals surface area contributed by atoms with E-state index in [0.29, 0.717) is 41.3 Å². The van der Waals surface area contributed by atoms with Gasteiger partial charge in [0.1, 0.15) is 28.9 Å². The van der Waals surface area contributed by atoms with Crippen molar-refractivity contribution >= 4 is 0 Å². The third-order valence-electron chi connectivity index (χ3n) is 5.90. The van der Waals surface area contributed by atoms with Crippen LogP contribution in [0.4, 0.5) is 0 Å². The van der Waals surface area contributed by atoms with Crippen molar-refractivity contribution in [1.82, 2.24) is 4.57 Å². The molecular formula is C26H25N3O4. The Balaban J connectivity index is 1.89. The van der Waals surface area contributed by atoms with Gasteiger partial charge in [-0.2, -0.15) is 5.26 Å². The fourth-order valence-corrected chi connectivity index (χ4v) is 4.23. The topological polar surface area (TPSA) is 99.5 Å². The molecule has 2 aromatic carbocycles. The van der Waals surface area contributed by atoms with Crippen molar-refractivity contribution in [3.05, 3.63) is 98.8 Å². The zero-order valence-corrected chi connectivity index (χ0v) is 18.8. The fraction of sp³-hybridized carbons (Fsp3) is 0.231. The largest absolute Gasteiger partial charge is 0.497 e. The molecule has 0 spiro atoms. The summed E-state index contributed by atoms with van der Waals surface area (Å²) in [7, 11) is 3.09. The fourth-order valence-electron chi connectivity index (χ4n) is 4.23. The van der Waals surface area contributed by atoms with E-state index in [1.807, 2.05) is 37.3 Å². The highest BCUT2D eigenvalue weighted by Crippen LogP contribution is 2.44. The van der Waals surface area contributed by atoms with Crippen LogP contribution in [0.1, 0.15) is 28.3 Å². The molecule has 0 radical (unpaired) electrons. The molecule has 1 aliphatic heterocycles. The highest BCUT2D eigenvalue weighted by atomic mass is 16.5. The summed E-state index contributed by atoms with van der Waals surface area (Å²) in [4.78, 5) is 13.8. The van der Waals surface area contributed by atoms with Crippen LogP contribution in [0.3, 0.4) is 0 Å². The molecule has 0 fully saturated rings. The molecule has 0 saturated heterocycles. The number of rotatable bonds is 6. The maximum atomic E-state index is 13.8. The van der Waals surface area contributed by atoms with Crippen LogP contribution in [0.5, 0.6) is 17.2 Å². The van der Waals surface area contributed by atoms with Gasteiger partial charge in [-0.25, -0.2) is 0 Å². The van der Waals surface area contributed by atoms with Crippen LogP contribution in [0.15, 0.2) is 70.8 Å². The highest BCUT2D eigenvalue weighted by molar-refractivity contribution is 5.59. The van der Waals surface area contributed by atoms with E-state index < -0.39 is 5.92 Å². The Bertz CT molecular complexity index is 1320. The molecule has 168 valence electrons. The predicted octanol–water partition coefficient (Wildman–Crippen LogP) is 3.63. The summed E-state index contributed by atoms with van der Waals surface area (Å²) in [5.41, 5.74) is 8.89. The predicted molar refractivity (Wildman–Crippen MR) is 124 cm³/mol. The van der Waals surface area contributed by atoms with Gasteiger partial charge in [-0.15, -0.1) is 0 Å². The van der Waals surface area contributed by atoms with Crippen LogP contribution in [0.2, 0.25) is 0 Å². The number of pyridine rings is 1. The Hall–Kier alpha value is -4.18. The maximum absolute atomic E-state index is 13.8. The van der Waals surface area contributed by atoms with Crippen LogP contribution in [-0.4, -0.2) is 18.8 Å². The molecule has 0 saturated carbocycles. The smallest absolute Gasteiger partial charge is 0.258 e. The molecule has 4 rings (SSSR count). The number of nitriles is 1. The Morgan fingerprint density at radius 1 is 1.12 bits per heavy atom. The van der Waals surface area contributed by atoms with Gasteiger partial charge in [0.2, 0.25) is 5.88 Å². The first-order chi connectivity index (χ1) is 16.0. The lowest BCUT2D eigenvalue weighted by atomic mass is 9.83. The number of methoxy groups -OCH3 is 2. The van der Waals surface area contributed by atoms with E-state index in [2.05, 4.69) is 6.07 Å². The minimum Gasteiger partial charge on any atom is -0.497 e. The maximum Gasteiger partial charge on any atom is 0.258 e. The molecule has 2 N–H and O–H groups in total. The second-order valence-electron chi connectivity index (χ2n) is 7.79. The number of aryl methyl sites for hydroxylation is 2. The number of nitrogens with two attached hydrogens (primary N) is 1. The van der Waals surface area contributed by atoms with Gasteiger partial charge in [0.25, 0.3) is 5.56 Å². The molecule has 7 nitrogen and oxygen atoms in total. The van der Waals surface area contributed by atoms with E-state index >= 15 is 0 Å². The number of fused-ring (bicyclic) bond motifs is 1. The Kier molecular flexibility index (Phi) is 6.09. The number of aromatic nitrogens is 1. The molecule has 33 heavy (non-hydrogen) atoms. The lowest BCUT2D eigenvalue weighted by Crippen LogP contribution is -2.33.